The summed E-state index contributed by atoms with van der Waals surface area (Å²) in [4.78, 5) is 32.5. The highest BCUT2D eigenvalue weighted by Crippen LogP contribution is 2.33. The van der Waals surface area contributed by atoms with Gasteiger partial charge in [-0.25, -0.2) is 4.79 Å². The first-order chi connectivity index (χ1) is 11.8. The van der Waals surface area contributed by atoms with Gasteiger partial charge in [-0.1, -0.05) is 11.6 Å². The van der Waals surface area contributed by atoms with E-state index in [0.717, 1.165) is 6.08 Å². The van der Waals surface area contributed by atoms with Crippen LogP contribution < -0.4 is 11.1 Å². The number of nitrogens with one attached hydrogen (secondary N) is 1. The van der Waals surface area contributed by atoms with Gasteiger partial charge in [0.15, 0.2) is 0 Å². The number of nitro groups is 1. The largest absolute Gasteiger partial charge is 0.457 e. The van der Waals surface area contributed by atoms with E-state index in [4.69, 9.17) is 27.0 Å². The summed E-state index contributed by atoms with van der Waals surface area (Å²) < 4.78 is 5.44. The lowest BCUT2D eigenvalue weighted by Gasteiger charge is -2.01. The van der Waals surface area contributed by atoms with Gasteiger partial charge in [-0.2, -0.15) is 5.26 Å². The van der Waals surface area contributed by atoms with E-state index >= 15 is 0 Å². The minimum absolute atomic E-state index is 0.105. The second-order valence-electron chi connectivity index (χ2n) is 4.61. The number of hydrogen-bond donors (Lipinski definition) is 2. The highest BCUT2D eigenvalue weighted by atomic mass is 35.5. The molecule has 0 spiro atoms. The summed E-state index contributed by atoms with van der Waals surface area (Å²) in [6.45, 7) is 0. The van der Waals surface area contributed by atoms with E-state index in [-0.39, 0.29) is 27.8 Å². The first-order valence-corrected chi connectivity index (χ1v) is 6.96. The number of imide groups is 1. The zero-order valence-corrected chi connectivity index (χ0v) is 13.1. The van der Waals surface area contributed by atoms with Gasteiger partial charge in [-0.05, 0) is 18.2 Å². The van der Waals surface area contributed by atoms with Gasteiger partial charge >= 0.3 is 6.03 Å². The van der Waals surface area contributed by atoms with E-state index in [9.17, 15) is 19.7 Å². The Balaban J connectivity index is 2.37. The Hall–Kier alpha value is -3.64. The summed E-state index contributed by atoms with van der Waals surface area (Å²) in [5.41, 5.74) is 4.50. The third kappa shape index (κ3) is 4.21. The topological polar surface area (TPSA) is 152 Å². The number of halogens is 1. The molecule has 0 aliphatic rings. The van der Waals surface area contributed by atoms with Crippen LogP contribution in [-0.4, -0.2) is 16.9 Å². The number of hydrogen-bond acceptors (Lipinski definition) is 6. The fourth-order valence-corrected chi connectivity index (χ4v) is 2.07. The molecule has 0 radical (unpaired) electrons. The molecule has 9 nitrogen and oxygen atoms in total. The summed E-state index contributed by atoms with van der Waals surface area (Å²) in [5, 5.41) is 21.8. The van der Waals surface area contributed by atoms with Crippen LogP contribution in [0.5, 0.6) is 0 Å². The number of non-ortho nitro benzene ring substituents is 1. The van der Waals surface area contributed by atoms with E-state index < -0.39 is 22.4 Å². The van der Waals surface area contributed by atoms with Crippen LogP contribution in [0, 0.1) is 21.4 Å². The number of nitriles is 1. The van der Waals surface area contributed by atoms with Crippen molar-refractivity contribution in [1.82, 2.24) is 5.32 Å². The Kier molecular flexibility index (Phi) is 5.16. The number of amides is 3. The van der Waals surface area contributed by atoms with Gasteiger partial charge in [-0.3, -0.25) is 20.2 Å². The predicted molar refractivity (Wildman–Crippen MR) is 87.1 cm³/mol. The van der Waals surface area contributed by atoms with Crippen molar-refractivity contribution in [3.63, 3.8) is 0 Å². The van der Waals surface area contributed by atoms with Crippen LogP contribution in [0.1, 0.15) is 5.76 Å². The maximum absolute atomic E-state index is 11.6. The number of furan rings is 1. The van der Waals surface area contributed by atoms with E-state index in [1.54, 1.807) is 11.4 Å². The van der Waals surface area contributed by atoms with Crippen molar-refractivity contribution < 1.29 is 18.9 Å². The van der Waals surface area contributed by atoms with Gasteiger partial charge in [0.2, 0.25) is 0 Å². The molecular formula is C15H9ClN4O5. The normalized spacial score (nSPS) is 10.8. The number of benzene rings is 1. The number of primary amides is 1. The molecule has 0 bridgehead atoms. The molecule has 25 heavy (non-hydrogen) atoms. The second kappa shape index (κ2) is 7.29. The Morgan fingerprint density at radius 3 is 2.68 bits per heavy atom. The Bertz CT molecular complexity index is 942. The van der Waals surface area contributed by atoms with Gasteiger partial charge in [0.05, 0.1) is 9.95 Å². The molecule has 3 amide bonds. The number of urea groups is 1. The molecule has 0 unspecified atom stereocenters. The highest BCUT2D eigenvalue weighted by molar-refractivity contribution is 6.33. The molecule has 1 aromatic carbocycles. The van der Waals surface area contributed by atoms with E-state index in [1.165, 1.54) is 30.3 Å². The Morgan fingerprint density at radius 1 is 1.36 bits per heavy atom. The van der Waals surface area contributed by atoms with Gasteiger partial charge in [0, 0.05) is 23.8 Å². The molecule has 1 heterocycles. The summed E-state index contributed by atoms with van der Waals surface area (Å²) in [6.07, 6.45) is 1.09. The van der Waals surface area contributed by atoms with Crippen LogP contribution in [0.15, 0.2) is 40.3 Å². The van der Waals surface area contributed by atoms with Crippen LogP contribution in [0.4, 0.5) is 10.5 Å². The monoisotopic (exact) mass is 360 g/mol. The lowest BCUT2D eigenvalue weighted by atomic mass is 10.1. The highest BCUT2D eigenvalue weighted by Gasteiger charge is 2.15. The van der Waals surface area contributed by atoms with E-state index in [2.05, 4.69) is 0 Å². The number of carbonyl (C=O) groups excluding carboxylic acids is 2. The molecule has 0 aliphatic carbocycles. The van der Waals surface area contributed by atoms with Crippen LogP contribution >= 0.6 is 11.6 Å². The van der Waals surface area contributed by atoms with Crippen LogP contribution in [0.3, 0.4) is 0 Å². The van der Waals surface area contributed by atoms with E-state index in [0.29, 0.717) is 0 Å². The number of carbonyl (C=O) groups is 2. The molecule has 0 aliphatic heterocycles. The smallest absolute Gasteiger partial charge is 0.319 e. The summed E-state index contributed by atoms with van der Waals surface area (Å²) in [6, 6.07) is 7.24. The molecule has 2 aromatic rings. The van der Waals surface area contributed by atoms with Crippen LogP contribution in [0.2, 0.25) is 5.02 Å². The zero-order valence-electron chi connectivity index (χ0n) is 12.4. The molecule has 2 rings (SSSR count). The first-order valence-electron chi connectivity index (χ1n) is 6.58. The number of nitrogens with zero attached hydrogens (tertiary/aromatic N) is 2. The third-order valence-electron chi connectivity index (χ3n) is 2.94. The molecule has 126 valence electrons. The maximum Gasteiger partial charge on any atom is 0.319 e. The molecular weight excluding hydrogens is 352 g/mol. The summed E-state index contributed by atoms with van der Waals surface area (Å²) in [5.74, 6) is -0.678. The Labute approximate surface area is 145 Å². The van der Waals surface area contributed by atoms with Crippen molar-refractivity contribution >= 4 is 35.3 Å². The van der Waals surface area contributed by atoms with Crippen LogP contribution in [-0.2, 0) is 4.79 Å². The standard InChI is InChI=1S/C15H9ClN4O5/c16-12-3-1-9(20(23)24)6-11(12)13-4-2-10(25-13)5-8(7-17)14(21)19-15(18)22/h1-6H,(H3,18,19,21,22)/b8-5-. The second-order valence-corrected chi connectivity index (χ2v) is 5.02. The Morgan fingerprint density at radius 2 is 2.08 bits per heavy atom. The first kappa shape index (κ1) is 17.7. The van der Waals surface area contributed by atoms with Crippen molar-refractivity contribution in [1.29, 1.82) is 5.26 Å². The average Bonchev–Trinajstić information content (AvgIpc) is 3.00. The summed E-state index contributed by atoms with van der Waals surface area (Å²) >= 11 is 6.02. The van der Waals surface area contributed by atoms with Gasteiger partial charge < -0.3 is 10.2 Å². The molecule has 0 saturated heterocycles. The van der Waals surface area contributed by atoms with Gasteiger partial charge in [-0.15, -0.1) is 0 Å². The average molecular weight is 361 g/mol. The fourth-order valence-electron chi connectivity index (χ4n) is 1.86. The quantitative estimate of drug-likeness (QED) is 0.370. The fraction of sp³-hybridized carbons (Fsp3) is 0. The molecule has 3 N–H and O–H groups in total. The molecule has 10 heteroatoms. The number of nitro benzene ring substituents is 1. The molecule has 0 fully saturated rings. The van der Waals surface area contributed by atoms with Crippen molar-refractivity contribution in [2.75, 3.05) is 0 Å². The minimum atomic E-state index is -1.10. The maximum atomic E-state index is 11.6. The van der Waals surface area contributed by atoms with Crippen molar-refractivity contribution in [3.8, 4) is 17.4 Å². The van der Waals surface area contributed by atoms with Crippen molar-refractivity contribution in [2.24, 2.45) is 5.73 Å². The summed E-state index contributed by atoms with van der Waals surface area (Å²) in [7, 11) is 0. The lowest BCUT2D eigenvalue weighted by molar-refractivity contribution is -0.384. The number of rotatable bonds is 4. The minimum Gasteiger partial charge on any atom is -0.457 e. The van der Waals surface area contributed by atoms with Gasteiger partial charge in [0.25, 0.3) is 11.6 Å². The molecule has 0 atom stereocenters. The van der Waals surface area contributed by atoms with Crippen molar-refractivity contribution in [3.05, 3.63) is 56.8 Å². The zero-order chi connectivity index (χ0) is 18.6. The molecule has 0 saturated carbocycles. The predicted octanol–water partition coefficient (Wildman–Crippen LogP) is 2.61. The molecule has 1 aromatic heterocycles. The third-order valence-corrected chi connectivity index (χ3v) is 3.27. The SMILES string of the molecule is N#C/C(=C/c1ccc(-c2cc([N+](=O)[O-])ccc2Cl)o1)C(=O)NC(N)=O. The number of nitrogens with two attached hydrogens (primary N) is 1. The van der Waals surface area contributed by atoms with Crippen molar-refractivity contribution in [2.45, 2.75) is 0 Å². The van der Waals surface area contributed by atoms with Crippen LogP contribution in [0.25, 0.3) is 17.4 Å². The lowest BCUT2D eigenvalue weighted by Crippen LogP contribution is -2.35. The van der Waals surface area contributed by atoms with Gasteiger partial charge in [0.1, 0.15) is 23.2 Å². The van der Waals surface area contributed by atoms with E-state index in [1.807, 2.05) is 0 Å².